The molecule has 5 rings (SSSR count). The predicted molar refractivity (Wildman–Crippen MR) is 168 cm³/mol. The van der Waals surface area contributed by atoms with Crippen molar-refractivity contribution in [3.63, 3.8) is 0 Å². The zero-order valence-electron chi connectivity index (χ0n) is 24.2. The van der Waals surface area contributed by atoms with Crippen molar-refractivity contribution in [2.75, 3.05) is 33.9 Å². The number of pyridine rings is 2. The fraction of sp³-hybridized carbons (Fsp3) is 0.250. The molecule has 43 heavy (non-hydrogen) atoms. The van der Waals surface area contributed by atoms with Crippen LogP contribution in [0.1, 0.15) is 19.8 Å². The smallest absolute Gasteiger partial charge is 0.243 e. The summed E-state index contributed by atoms with van der Waals surface area (Å²) in [6.07, 6.45) is 5.25. The number of aromatic nitrogens is 2. The Bertz CT molecular complexity index is 1770. The fourth-order valence-corrected chi connectivity index (χ4v) is 6.81. The number of benzene rings is 3. The minimum atomic E-state index is -3.64. The van der Waals surface area contributed by atoms with E-state index < -0.39 is 10.0 Å². The van der Waals surface area contributed by atoms with E-state index in [4.69, 9.17) is 19.0 Å². The number of methoxy groups -OCH3 is 1. The third-order valence-electron chi connectivity index (χ3n) is 7.12. The van der Waals surface area contributed by atoms with Gasteiger partial charge in [0.2, 0.25) is 10.0 Å². The molecule has 3 aromatic carbocycles. The Morgan fingerprint density at radius 3 is 1.88 bits per heavy atom. The number of fused-ring (bicyclic) bond motifs is 3. The van der Waals surface area contributed by atoms with Gasteiger partial charge in [-0.2, -0.15) is 4.31 Å². The zero-order chi connectivity index (χ0) is 30.2. The van der Waals surface area contributed by atoms with Gasteiger partial charge in [0, 0.05) is 48.3 Å². The highest BCUT2D eigenvalue weighted by molar-refractivity contribution is 7.94. The molecule has 0 aliphatic heterocycles. The second-order valence-corrected chi connectivity index (χ2v) is 12.5. The summed E-state index contributed by atoms with van der Waals surface area (Å²) in [5, 5.41) is 6.37. The quantitative estimate of drug-likeness (QED) is 0.0425. The van der Waals surface area contributed by atoms with Crippen LogP contribution in [-0.4, -0.2) is 56.6 Å². The first kappa shape index (κ1) is 31.0. The van der Waals surface area contributed by atoms with Gasteiger partial charge in [0.15, 0.2) is 0 Å². The molecule has 0 saturated heterocycles. The molecule has 2 aromatic heterocycles. The third-order valence-corrected chi connectivity index (χ3v) is 9.62. The van der Waals surface area contributed by atoms with Crippen molar-refractivity contribution in [2.24, 2.45) is 0 Å². The summed E-state index contributed by atoms with van der Waals surface area (Å²) in [5.41, 5.74) is 5.46. The van der Waals surface area contributed by atoms with E-state index in [9.17, 15) is 8.42 Å². The molecule has 0 amide bonds. The standard InChI is InChI=1S/C32H33N3O6S2/c1-4-5-20-35(21-22-38-2)43(36,37)26-12-8-24(9-13-26)28-17-19-34-32-30(28)15-14-29-27(16-18-33-31(29)32)23-6-10-25(11-7-23)42-41-40-39-3/h6-19H,4-5,20-22H2,1-3H3. The molecule has 9 nitrogen and oxygen atoms in total. The van der Waals surface area contributed by atoms with Crippen molar-refractivity contribution < 1.29 is 27.4 Å². The van der Waals surface area contributed by atoms with E-state index in [0.717, 1.165) is 73.8 Å². The van der Waals surface area contributed by atoms with Crippen LogP contribution in [0.3, 0.4) is 0 Å². The van der Waals surface area contributed by atoms with Gasteiger partial charge in [-0.3, -0.25) is 9.97 Å². The van der Waals surface area contributed by atoms with Gasteiger partial charge < -0.3 is 4.74 Å². The van der Waals surface area contributed by atoms with Crippen LogP contribution in [0.5, 0.6) is 0 Å². The molecule has 0 bridgehead atoms. The molecule has 0 unspecified atom stereocenters. The first-order valence-corrected chi connectivity index (χ1v) is 16.1. The van der Waals surface area contributed by atoms with Crippen molar-refractivity contribution in [3.05, 3.63) is 85.2 Å². The molecule has 0 radical (unpaired) electrons. The maximum atomic E-state index is 13.4. The summed E-state index contributed by atoms with van der Waals surface area (Å²) >= 11 is 1.05. The van der Waals surface area contributed by atoms with Gasteiger partial charge in [0.25, 0.3) is 0 Å². The molecule has 0 spiro atoms. The lowest BCUT2D eigenvalue weighted by Crippen LogP contribution is -2.34. The molecule has 0 N–H and O–H groups in total. The number of nitrogens with zero attached hydrogens (tertiary/aromatic N) is 3. The molecule has 11 heteroatoms. The Kier molecular flexibility index (Phi) is 10.4. The third kappa shape index (κ3) is 6.89. The lowest BCUT2D eigenvalue weighted by molar-refractivity contribution is -0.447. The van der Waals surface area contributed by atoms with Crippen molar-refractivity contribution in [1.29, 1.82) is 0 Å². The second-order valence-electron chi connectivity index (χ2n) is 9.76. The Balaban J connectivity index is 1.47. The van der Waals surface area contributed by atoms with Crippen LogP contribution in [0.2, 0.25) is 0 Å². The van der Waals surface area contributed by atoms with Gasteiger partial charge in [-0.15, -0.1) is 4.33 Å². The highest BCUT2D eigenvalue weighted by Gasteiger charge is 2.24. The lowest BCUT2D eigenvalue weighted by Gasteiger charge is -2.22. The average Bonchev–Trinajstić information content (AvgIpc) is 3.04. The molecule has 2 heterocycles. The number of sulfonamides is 1. The van der Waals surface area contributed by atoms with Crippen molar-refractivity contribution >= 4 is 43.9 Å². The predicted octanol–water partition coefficient (Wildman–Crippen LogP) is 7.07. The van der Waals surface area contributed by atoms with Crippen LogP contribution in [0.25, 0.3) is 44.1 Å². The Hall–Kier alpha value is -3.42. The van der Waals surface area contributed by atoms with Crippen molar-refractivity contribution in [1.82, 2.24) is 14.3 Å². The summed E-state index contributed by atoms with van der Waals surface area (Å²) in [6, 6.07) is 23.0. The number of hydrogen-bond acceptors (Lipinski definition) is 9. The van der Waals surface area contributed by atoms with Crippen LogP contribution < -0.4 is 0 Å². The highest BCUT2D eigenvalue weighted by Crippen LogP contribution is 2.36. The summed E-state index contributed by atoms with van der Waals surface area (Å²) in [7, 11) is -0.698. The van der Waals surface area contributed by atoms with E-state index in [1.165, 1.54) is 11.4 Å². The minimum Gasteiger partial charge on any atom is -0.383 e. The Morgan fingerprint density at radius 2 is 1.35 bits per heavy atom. The topological polar surface area (TPSA) is 100 Å². The highest BCUT2D eigenvalue weighted by atomic mass is 32.2. The first-order valence-electron chi connectivity index (χ1n) is 13.9. The second kappa shape index (κ2) is 14.4. The van der Waals surface area contributed by atoms with E-state index in [1.54, 1.807) is 31.6 Å². The van der Waals surface area contributed by atoms with Gasteiger partial charge in [0.1, 0.15) is 0 Å². The number of hydrogen-bond donors (Lipinski definition) is 0. The summed E-state index contributed by atoms with van der Waals surface area (Å²) in [5.74, 6) is 0. The summed E-state index contributed by atoms with van der Waals surface area (Å²) < 4.78 is 38.4. The Labute approximate surface area is 255 Å². The van der Waals surface area contributed by atoms with E-state index in [0.29, 0.717) is 19.7 Å². The number of unbranched alkanes of at least 4 members (excludes halogenated alkanes) is 1. The van der Waals surface area contributed by atoms with Crippen LogP contribution in [0.15, 0.2) is 95.0 Å². The number of ether oxygens (including phenoxy) is 1. The largest absolute Gasteiger partial charge is 0.383 e. The molecule has 224 valence electrons. The molecule has 0 aliphatic carbocycles. The van der Waals surface area contributed by atoms with Crippen LogP contribution in [0.4, 0.5) is 0 Å². The van der Waals surface area contributed by atoms with Crippen LogP contribution in [0, 0.1) is 0 Å². The molecule has 5 aromatic rings. The Morgan fingerprint density at radius 1 is 0.767 bits per heavy atom. The molecular weight excluding hydrogens is 587 g/mol. The van der Waals surface area contributed by atoms with E-state index in [1.807, 2.05) is 61.5 Å². The molecule has 0 saturated carbocycles. The van der Waals surface area contributed by atoms with Gasteiger partial charge in [-0.25, -0.2) is 13.3 Å². The normalized spacial score (nSPS) is 12.0. The molecule has 0 atom stereocenters. The van der Waals surface area contributed by atoms with Gasteiger partial charge >= 0.3 is 0 Å². The summed E-state index contributed by atoms with van der Waals surface area (Å²) in [6.45, 7) is 3.17. The maximum absolute atomic E-state index is 13.4. The minimum absolute atomic E-state index is 0.265. The van der Waals surface area contributed by atoms with Gasteiger partial charge in [0.05, 0.1) is 41.7 Å². The van der Waals surface area contributed by atoms with E-state index in [-0.39, 0.29) is 4.90 Å². The molecule has 0 aliphatic rings. The zero-order valence-corrected chi connectivity index (χ0v) is 25.9. The van der Waals surface area contributed by atoms with E-state index >= 15 is 0 Å². The lowest BCUT2D eigenvalue weighted by atomic mass is 9.96. The maximum Gasteiger partial charge on any atom is 0.243 e. The first-order chi connectivity index (χ1) is 21.0. The molecule has 0 fully saturated rings. The average molecular weight is 620 g/mol. The summed E-state index contributed by atoms with van der Waals surface area (Å²) in [4.78, 5) is 15.0. The monoisotopic (exact) mass is 619 g/mol. The SMILES string of the molecule is CCCCN(CCOC)S(=O)(=O)c1ccc(-c2ccnc3c2ccc2c(-c4ccc(SOOOC)cc4)ccnc23)cc1. The van der Waals surface area contributed by atoms with Crippen LogP contribution in [-0.2, 0) is 29.0 Å². The van der Waals surface area contributed by atoms with Crippen molar-refractivity contribution in [3.8, 4) is 22.3 Å². The van der Waals surface area contributed by atoms with Gasteiger partial charge in [-0.1, -0.05) is 54.8 Å². The van der Waals surface area contributed by atoms with E-state index in [2.05, 4.69) is 16.0 Å². The number of rotatable bonds is 14. The van der Waals surface area contributed by atoms with Gasteiger partial charge in [-0.05, 0) is 65.1 Å². The molecular formula is C32H33N3O6S2. The van der Waals surface area contributed by atoms with Crippen molar-refractivity contribution in [2.45, 2.75) is 29.6 Å². The fourth-order valence-electron chi connectivity index (χ4n) is 4.94. The van der Waals surface area contributed by atoms with Crippen LogP contribution >= 0.6 is 12.0 Å².